The van der Waals surface area contributed by atoms with Crippen LogP contribution in [0.1, 0.15) is 52.4 Å². The van der Waals surface area contributed by atoms with E-state index in [-0.39, 0.29) is 17.5 Å². The molecule has 2 unspecified atom stereocenters. The van der Waals surface area contributed by atoms with Gasteiger partial charge in [-0.05, 0) is 62.2 Å². The van der Waals surface area contributed by atoms with Crippen molar-refractivity contribution in [1.82, 2.24) is 0 Å². The average molecular weight is 318 g/mol. The Morgan fingerprint density at radius 3 is 1.83 bits per heavy atom. The summed E-state index contributed by atoms with van der Waals surface area (Å²) in [6.07, 6.45) is 8.25. The zero-order chi connectivity index (χ0) is 16.2. The number of hydrogen-bond donors (Lipinski definition) is 0. The van der Waals surface area contributed by atoms with Gasteiger partial charge in [0.05, 0.1) is 14.2 Å². The van der Waals surface area contributed by atoms with Gasteiger partial charge < -0.3 is 9.47 Å². The Kier molecular flexibility index (Phi) is 3.69. The zero-order valence-electron chi connectivity index (χ0n) is 14.9. The summed E-state index contributed by atoms with van der Waals surface area (Å²) in [7, 11) is 3.50. The fraction of sp³-hybridized carbons (Fsp3) is 0.895. The van der Waals surface area contributed by atoms with E-state index >= 15 is 0 Å². The maximum absolute atomic E-state index is 5.75. The number of ether oxygens (including phenoxy) is 2. The second kappa shape index (κ2) is 5.49. The van der Waals surface area contributed by atoms with Gasteiger partial charge in [0.2, 0.25) is 11.8 Å². The topological polar surface area (TPSA) is 43.2 Å². The molecular formula is C19H30N2O2. The first-order chi connectivity index (χ1) is 11.0. The monoisotopic (exact) mass is 318 g/mol. The van der Waals surface area contributed by atoms with Gasteiger partial charge in [0.1, 0.15) is 12.1 Å². The summed E-state index contributed by atoms with van der Waals surface area (Å²) in [6, 6.07) is 0.0750. The molecule has 0 aromatic rings. The summed E-state index contributed by atoms with van der Waals surface area (Å²) in [5.41, 5.74) is 0.273. The lowest BCUT2D eigenvalue weighted by molar-refractivity contribution is -0.0588. The fourth-order valence-electron chi connectivity index (χ4n) is 6.21. The van der Waals surface area contributed by atoms with Gasteiger partial charge in [-0.3, -0.25) is 0 Å². The molecule has 0 aromatic heterocycles. The molecule has 4 aliphatic carbocycles. The van der Waals surface area contributed by atoms with Crippen molar-refractivity contribution < 1.29 is 9.47 Å². The Morgan fingerprint density at radius 1 is 0.870 bits per heavy atom. The van der Waals surface area contributed by atoms with Crippen LogP contribution in [-0.4, -0.2) is 38.1 Å². The number of nitrogens with zero attached hydrogens (tertiary/aromatic N) is 2. The molecule has 4 saturated carbocycles. The predicted molar refractivity (Wildman–Crippen MR) is 91.9 cm³/mol. The van der Waals surface area contributed by atoms with E-state index in [9.17, 15) is 0 Å². The van der Waals surface area contributed by atoms with Gasteiger partial charge in [0.15, 0.2) is 0 Å². The van der Waals surface area contributed by atoms with E-state index in [4.69, 9.17) is 19.5 Å². The van der Waals surface area contributed by atoms with Gasteiger partial charge in [0, 0.05) is 5.41 Å². The number of aliphatic imine (C=N–C) groups is 2. The third-order valence-electron chi connectivity index (χ3n) is 6.73. The van der Waals surface area contributed by atoms with Gasteiger partial charge in [-0.25, -0.2) is 9.98 Å². The second-order valence-electron chi connectivity index (χ2n) is 8.71. The highest BCUT2D eigenvalue weighted by molar-refractivity contribution is 5.94. The minimum absolute atomic E-state index is 0.000104. The first-order valence-electron chi connectivity index (χ1n) is 9.28. The van der Waals surface area contributed by atoms with Crippen molar-refractivity contribution in [2.45, 2.75) is 64.5 Å². The van der Waals surface area contributed by atoms with E-state index in [2.05, 4.69) is 13.8 Å². The lowest BCUT2D eigenvalue weighted by Gasteiger charge is -2.58. The zero-order valence-corrected chi connectivity index (χ0v) is 14.9. The van der Waals surface area contributed by atoms with E-state index in [1.165, 1.54) is 38.5 Å². The van der Waals surface area contributed by atoms with E-state index in [1.807, 2.05) is 0 Å². The van der Waals surface area contributed by atoms with Crippen molar-refractivity contribution in [1.29, 1.82) is 0 Å². The molecule has 4 heteroatoms. The van der Waals surface area contributed by atoms with Crippen molar-refractivity contribution in [3.63, 3.8) is 0 Å². The average Bonchev–Trinajstić information content (AvgIpc) is 2.52. The molecule has 23 heavy (non-hydrogen) atoms. The molecule has 4 fully saturated rings. The molecule has 0 N–H and O–H groups in total. The van der Waals surface area contributed by atoms with Crippen LogP contribution in [0.4, 0.5) is 0 Å². The Labute approximate surface area is 139 Å². The molecule has 0 saturated heterocycles. The molecule has 0 aromatic carbocycles. The highest BCUT2D eigenvalue weighted by Crippen LogP contribution is 2.62. The maximum Gasteiger partial charge on any atom is 0.210 e. The van der Waals surface area contributed by atoms with Crippen molar-refractivity contribution >= 4 is 11.8 Å². The Bertz CT molecular complexity index is 502. The Morgan fingerprint density at radius 2 is 1.39 bits per heavy atom. The Hall–Kier alpha value is -1.06. The molecule has 0 spiro atoms. The molecule has 4 bridgehead atoms. The molecule has 1 aliphatic heterocycles. The molecule has 128 valence electrons. The van der Waals surface area contributed by atoms with Crippen LogP contribution in [0.2, 0.25) is 0 Å². The summed E-state index contributed by atoms with van der Waals surface area (Å²) in [4.78, 5) is 10.0. The van der Waals surface area contributed by atoms with Gasteiger partial charge in [-0.1, -0.05) is 13.8 Å². The molecule has 0 amide bonds. The minimum atomic E-state index is 0.000104. The van der Waals surface area contributed by atoms with Crippen LogP contribution < -0.4 is 0 Å². The number of rotatable bonds is 2. The van der Waals surface area contributed by atoms with Crippen molar-refractivity contribution in [2.24, 2.45) is 39.1 Å². The van der Waals surface area contributed by atoms with Gasteiger partial charge in [0.25, 0.3) is 0 Å². The van der Waals surface area contributed by atoms with Gasteiger partial charge in [-0.2, -0.15) is 0 Å². The molecule has 2 atom stereocenters. The van der Waals surface area contributed by atoms with E-state index in [0.29, 0.717) is 5.92 Å². The smallest absolute Gasteiger partial charge is 0.210 e. The summed E-state index contributed by atoms with van der Waals surface area (Å²) in [5.74, 6) is 4.75. The number of hydrogen-bond acceptors (Lipinski definition) is 4. The van der Waals surface area contributed by atoms with Crippen LogP contribution in [0, 0.1) is 29.1 Å². The van der Waals surface area contributed by atoms with Crippen LogP contribution in [0.5, 0.6) is 0 Å². The van der Waals surface area contributed by atoms with Crippen LogP contribution >= 0.6 is 0 Å². The van der Waals surface area contributed by atoms with Gasteiger partial charge in [-0.15, -0.1) is 0 Å². The summed E-state index contributed by atoms with van der Waals surface area (Å²) >= 11 is 0. The SMILES string of the molecule is COC1=NC(C23CC4CC(CC(C4)C2)C3)C(OC)=NC1C(C)C. The quantitative estimate of drug-likeness (QED) is 0.779. The largest absolute Gasteiger partial charge is 0.483 e. The Balaban J connectivity index is 1.70. The van der Waals surface area contributed by atoms with Crippen LogP contribution in [0.25, 0.3) is 0 Å². The van der Waals surface area contributed by atoms with E-state index in [1.54, 1.807) is 14.2 Å². The van der Waals surface area contributed by atoms with Crippen LogP contribution in [-0.2, 0) is 9.47 Å². The van der Waals surface area contributed by atoms with Gasteiger partial charge >= 0.3 is 0 Å². The van der Waals surface area contributed by atoms with Crippen molar-refractivity contribution in [2.75, 3.05) is 14.2 Å². The molecule has 0 radical (unpaired) electrons. The van der Waals surface area contributed by atoms with Crippen molar-refractivity contribution in [3.8, 4) is 0 Å². The first-order valence-corrected chi connectivity index (χ1v) is 9.28. The minimum Gasteiger partial charge on any atom is -0.483 e. The highest BCUT2D eigenvalue weighted by Gasteiger charge is 2.56. The molecule has 4 nitrogen and oxygen atoms in total. The second-order valence-corrected chi connectivity index (χ2v) is 8.71. The van der Waals surface area contributed by atoms with E-state index in [0.717, 1.165) is 29.5 Å². The standard InChI is InChI=1S/C19H30N2O2/c1-11(2)15-17(22-3)21-16(18(20-15)23-4)19-8-12-5-13(9-19)7-14(6-12)10-19/h11-16H,5-10H2,1-4H3. The molecular weight excluding hydrogens is 288 g/mol. The summed E-state index contributed by atoms with van der Waals surface area (Å²) < 4.78 is 11.4. The molecule has 5 aliphatic rings. The fourth-order valence-corrected chi connectivity index (χ4v) is 6.21. The summed E-state index contributed by atoms with van der Waals surface area (Å²) in [6.45, 7) is 4.34. The van der Waals surface area contributed by atoms with E-state index < -0.39 is 0 Å². The third-order valence-corrected chi connectivity index (χ3v) is 6.73. The van der Waals surface area contributed by atoms with Crippen LogP contribution in [0.15, 0.2) is 9.98 Å². The third kappa shape index (κ3) is 2.40. The van der Waals surface area contributed by atoms with Crippen LogP contribution in [0.3, 0.4) is 0 Å². The first kappa shape index (κ1) is 15.5. The lowest BCUT2D eigenvalue weighted by Crippen LogP contribution is -2.55. The maximum atomic E-state index is 5.75. The highest BCUT2D eigenvalue weighted by atomic mass is 16.5. The lowest BCUT2D eigenvalue weighted by atomic mass is 9.47. The normalized spacial score (nSPS) is 45.0. The van der Waals surface area contributed by atoms with Crippen molar-refractivity contribution in [3.05, 3.63) is 0 Å². The molecule has 1 heterocycles. The molecule has 5 rings (SSSR count). The summed E-state index contributed by atoms with van der Waals surface area (Å²) in [5, 5.41) is 0. The predicted octanol–water partition coefficient (Wildman–Crippen LogP) is 3.70. The number of methoxy groups -OCH3 is 2.